The van der Waals surface area contributed by atoms with E-state index in [1.807, 2.05) is 0 Å². The van der Waals surface area contributed by atoms with Crippen molar-refractivity contribution in [2.75, 3.05) is 5.32 Å². The van der Waals surface area contributed by atoms with Crippen LogP contribution in [0.1, 0.15) is 58.4 Å². The number of aryl methyl sites for hydroxylation is 1. The summed E-state index contributed by atoms with van der Waals surface area (Å²) in [6.07, 6.45) is 6.68. The van der Waals surface area contributed by atoms with Crippen molar-refractivity contribution in [3.8, 4) is 0 Å². The molecule has 20 heavy (non-hydrogen) atoms. The van der Waals surface area contributed by atoms with E-state index in [-0.39, 0.29) is 0 Å². The molecule has 1 saturated carbocycles. The van der Waals surface area contributed by atoms with Gasteiger partial charge in [-0.1, -0.05) is 39.3 Å². The van der Waals surface area contributed by atoms with Gasteiger partial charge in [-0.25, -0.2) is 0 Å². The molecule has 2 atom stereocenters. The van der Waals surface area contributed by atoms with Crippen molar-refractivity contribution in [2.45, 2.75) is 65.8 Å². The third kappa shape index (κ3) is 4.00. The smallest absolute Gasteiger partial charge is 0.0489 e. The summed E-state index contributed by atoms with van der Waals surface area (Å²) in [5.74, 6) is 0.871. The fourth-order valence-electron chi connectivity index (χ4n) is 3.29. The lowest BCUT2D eigenvalue weighted by atomic mass is 9.76. The van der Waals surface area contributed by atoms with E-state index >= 15 is 0 Å². The van der Waals surface area contributed by atoms with E-state index in [0.717, 1.165) is 5.92 Å². The van der Waals surface area contributed by atoms with Gasteiger partial charge in [0.05, 0.1) is 0 Å². The first kappa shape index (κ1) is 15.9. The van der Waals surface area contributed by atoms with Gasteiger partial charge in [0.1, 0.15) is 0 Å². The molecule has 2 unspecified atom stereocenters. The third-order valence-electron chi connectivity index (χ3n) is 4.74. The molecule has 0 radical (unpaired) electrons. The minimum absolute atomic E-state index is 0.457. The summed E-state index contributed by atoms with van der Waals surface area (Å²) in [4.78, 5) is 0. The van der Waals surface area contributed by atoms with Crippen LogP contribution in [0.4, 0.5) is 5.69 Å². The second-order valence-electron chi connectivity index (χ2n) is 7.35. The largest absolute Gasteiger partial charge is 0.381 e. The monoisotopic (exact) mass is 337 g/mol. The summed E-state index contributed by atoms with van der Waals surface area (Å²) in [7, 11) is 0. The molecule has 0 saturated heterocycles. The van der Waals surface area contributed by atoms with Gasteiger partial charge in [-0.3, -0.25) is 0 Å². The van der Waals surface area contributed by atoms with Crippen LogP contribution in [-0.2, 0) is 0 Å². The number of nitrogens with one attached hydrogen (secondary N) is 1. The Kier molecular flexibility index (Phi) is 5.17. The molecule has 0 amide bonds. The number of anilines is 1. The molecular weight excluding hydrogens is 310 g/mol. The lowest BCUT2D eigenvalue weighted by Crippen LogP contribution is -2.21. The quantitative estimate of drug-likeness (QED) is 0.636. The summed E-state index contributed by atoms with van der Waals surface area (Å²) in [5.41, 5.74) is 3.01. The van der Waals surface area contributed by atoms with Crippen LogP contribution in [0.25, 0.3) is 0 Å². The standard InChI is InChI=1S/C18H28BrN/c1-13-7-5-10-16(17(13)19)20-15-9-6-8-14(11-12-15)18(2,3)4/h5,7,10,14-15,20H,6,8-9,11-12H2,1-4H3. The number of halogens is 1. The van der Waals surface area contributed by atoms with Crippen molar-refractivity contribution in [2.24, 2.45) is 11.3 Å². The molecule has 1 N–H and O–H groups in total. The van der Waals surface area contributed by atoms with Gasteiger partial charge >= 0.3 is 0 Å². The molecule has 0 spiro atoms. The molecule has 112 valence electrons. The number of benzene rings is 1. The first-order valence-electron chi connectivity index (χ1n) is 7.89. The average Bonchev–Trinajstić information content (AvgIpc) is 2.60. The van der Waals surface area contributed by atoms with Gasteiger partial charge in [-0.2, -0.15) is 0 Å². The Balaban J connectivity index is 1.99. The minimum atomic E-state index is 0.457. The van der Waals surface area contributed by atoms with Gasteiger partial charge in [0.15, 0.2) is 0 Å². The lowest BCUT2D eigenvalue weighted by Gasteiger charge is -2.29. The average molecular weight is 338 g/mol. The molecule has 0 aromatic heterocycles. The molecule has 1 nitrogen and oxygen atoms in total. The predicted molar refractivity (Wildman–Crippen MR) is 92.3 cm³/mol. The van der Waals surface area contributed by atoms with Gasteiger partial charge in [0.2, 0.25) is 0 Å². The van der Waals surface area contributed by atoms with E-state index in [4.69, 9.17) is 0 Å². The second kappa shape index (κ2) is 6.51. The Morgan fingerprint density at radius 2 is 1.85 bits per heavy atom. The maximum absolute atomic E-state index is 3.76. The topological polar surface area (TPSA) is 12.0 Å². The predicted octanol–water partition coefficient (Wildman–Crippen LogP) is 6.16. The van der Waals surface area contributed by atoms with E-state index in [1.165, 1.54) is 47.8 Å². The molecule has 1 aliphatic carbocycles. The molecule has 0 aliphatic heterocycles. The highest BCUT2D eigenvalue weighted by Gasteiger charge is 2.27. The van der Waals surface area contributed by atoms with Crippen LogP contribution in [0.2, 0.25) is 0 Å². The minimum Gasteiger partial charge on any atom is -0.381 e. The number of hydrogen-bond donors (Lipinski definition) is 1. The third-order valence-corrected chi connectivity index (χ3v) is 5.80. The van der Waals surface area contributed by atoms with Gasteiger partial charge < -0.3 is 5.32 Å². The Morgan fingerprint density at radius 1 is 1.10 bits per heavy atom. The van der Waals surface area contributed by atoms with E-state index in [1.54, 1.807) is 0 Å². The van der Waals surface area contributed by atoms with E-state index in [2.05, 4.69) is 67.1 Å². The summed E-state index contributed by atoms with van der Waals surface area (Å²) in [6, 6.07) is 7.10. The van der Waals surface area contributed by atoms with Crippen molar-refractivity contribution in [3.05, 3.63) is 28.2 Å². The molecule has 0 bridgehead atoms. The fourth-order valence-corrected chi connectivity index (χ4v) is 3.67. The number of rotatable bonds is 2. The first-order valence-corrected chi connectivity index (χ1v) is 8.69. The summed E-state index contributed by atoms with van der Waals surface area (Å²) < 4.78 is 1.22. The van der Waals surface area contributed by atoms with Crippen molar-refractivity contribution in [1.82, 2.24) is 0 Å². The molecule has 1 aromatic carbocycles. The van der Waals surface area contributed by atoms with Crippen molar-refractivity contribution < 1.29 is 0 Å². The van der Waals surface area contributed by atoms with Gasteiger partial charge in [-0.05, 0) is 71.5 Å². The Labute approximate surface area is 132 Å². The summed E-state index contributed by atoms with van der Waals surface area (Å²) in [5, 5.41) is 3.76. The molecule has 1 aromatic rings. The first-order chi connectivity index (χ1) is 9.38. The van der Waals surface area contributed by atoms with E-state index in [9.17, 15) is 0 Å². The van der Waals surface area contributed by atoms with Crippen LogP contribution in [0.5, 0.6) is 0 Å². The van der Waals surface area contributed by atoms with Crippen LogP contribution in [0.15, 0.2) is 22.7 Å². The molecular formula is C18H28BrN. The fraction of sp³-hybridized carbons (Fsp3) is 0.667. The highest BCUT2D eigenvalue weighted by molar-refractivity contribution is 9.10. The van der Waals surface area contributed by atoms with Crippen LogP contribution >= 0.6 is 15.9 Å². The Morgan fingerprint density at radius 3 is 2.55 bits per heavy atom. The van der Waals surface area contributed by atoms with E-state index in [0.29, 0.717) is 11.5 Å². The van der Waals surface area contributed by atoms with Gasteiger partial charge in [-0.15, -0.1) is 0 Å². The van der Waals surface area contributed by atoms with Crippen molar-refractivity contribution in [3.63, 3.8) is 0 Å². The molecule has 0 heterocycles. The van der Waals surface area contributed by atoms with Gasteiger partial charge in [0.25, 0.3) is 0 Å². The van der Waals surface area contributed by atoms with E-state index < -0.39 is 0 Å². The molecule has 1 fully saturated rings. The van der Waals surface area contributed by atoms with Crippen LogP contribution in [0, 0.1) is 18.3 Å². The second-order valence-corrected chi connectivity index (χ2v) is 8.14. The van der Waals surface area contributed by atoms with Crippen LogP contribution in [-0.4, -0.2) is 6.04 Å². The van der Waals surface area contributed by atoms with Gasteiger partial charge in [0, 0.05) is 16.2 Å². The normalized spacial score (nSPS) is 24.2. The molecule has 2 rings (SSSR count). The zero-order chi connectivity index (χ0) is 14.8. The van der Waals surface area contributed by atoms with Crippen LogP contribution in [0.3, 0.4) is 0 Å². The summed E-state index contributed by atoms with van der Waals surface area (Å²) >= 11 is 3.71. The van der Waals surface area contributed by atoms with Crippen LogP contribution < -0.4 is 5.32 Å². The Hall–Kier alpha value is -0.500. The highest BCUT2D eigenvalue weighted by Crippen LogP contribution is 2.38. The zero-order valence-electron chi connectivity index (χ0n) is 13.3. The SMILES string of the molecule is Cc1cccc(NC2CCCC(C(C)(C)C)CC2)c1Br. The summed E-state index contributed by atoms with van der Waals surface area (Å²) in [6.45, 7) is 9.33. The van der Waals surface area contributed by atoms with Crippen molar-refractivity contribution >= 4 is 21.6 Å². The maximum atomic E-state index is 3.76. The maximum Gasteiger partial charge on any atom is 0.0489 e. The lowest BCUT2D eigenvalue weighted by molar-refractivity contribution is 0.214. The number of hydrogen-bond acceptors (Lipinski definition) is 1. The zero-order valence-corrected chi connectivity index (χ0v) is 14.9. The molecule has 2 heteroatoms. The highest BCUT2D eigenvalue weighted by atomic mass is 79.9. The molecule has 1 aliphatic rings. The Bertz CT molecular complexity index is 447. The van der Waals surface area contributed by atoms with Crippen molar-refractivity contribution in [1.29, 1.82) is 0 Å².